The van der Waals surface area contributed by atoms with Crippen LogP contribution in [0.1, 0.15) is 47.6 Å². The van der Waals surface area contributed by atoms with Crippen LogP contribution in [0.3, 0.4) is 0 Å². The molecule has 1 saturated carbocycles. The number of hydrogen-bond donors (Lipinski definition) is 0. The van der Waals surface area contributed by atoms with Crippen molar-refractivity contribution in [2.45, 2.75) is 37.8 Å². The first-order chi connectivity index (χ1) is 16.4. The zero-order valence-corrected chi connectivity index (χ0v) is 19.2. The molecular weight excluding hydrogens is 438 g/mol. The van der Waals surface area contributed by atoms with Crippen molar-refractivity contribution in [2.75, 3.05) is 32.2 Å². The van der Waals surface area contributed by atoms with E-state index < -0.39 is 6.10 Å². The van der Waals surface area contributed by atoms with Crippen molar-refractivity contribution in [3.8, 4) is 11.6 Å². The lowest BCUT2D eigenvalue weighted by Gasteiger charge is -2.19. The molecule has 0 N–H and O–H groups in total. The van der Waals surface area contributed by atoms with Gasteiger partial charge in [-0.25, -0.2) is 4.98 Å². The Balaban J connectivity index is 1.25. The smallest absolute Gasteiger partial charge is 0.307 e. The first-order valence-electron chi connectivity index (χ1n) is 11.5. The number of esters is 1. The minimum atomic E-state index is -0.626. The molecule has 2 amide bonds. The molecule has 2 aliphatic heterocycles. The van der Waals surface area contributed by atoms with E-state index in [9.17, 15) is 14.4 Å². The van der Waals surface area contributed by atoms with Crippen molar-refractivity contribution in [2.24, 2.45) is 5.92 Å². The molecule has 3 aliphatic rings. The van der Waals surface area contributed by atoms with E-state index in [1.165, 1.54) is 24.9 Å². The second-order valence-electron chi connectivity index (χ2n) is 8.96. The van der Waals surface area contributed by atoms with Gasteiger partial charge in [0.2, 0.25) is 5.88 Å². The summed E-state index contributed by atoms with van der Waals surface area (Å²) in [6.07, 6.45) is 3.98. The normalized spacial score (nSPS) is 21.6. The average Bonchev–Trinajstić information content (AvgIpc) is 3.58. The third-order valence-electron chi connectivity index (χ3n) is 6.62. The third kappa shape index (κ3) is 4.30. The Bertz CT molecular complexity index is 1110. The number of methoxy groups -OCH3 is 1. The summed E-state index contributed by atoms with van der Waals surface area (Å²) in [6.45, 7) is 1.17. The maximum atomic E-state index is 13.1. The SMILES string of the molecule is COC(=O)CC1c2ccc(N3CCC(Oc4ccc(OCC5CC5)nc4)C3=O)cc2C(=O)N1C. The molecule has 2 fully saturated rings. The quantitative estimate of drug-likeness (QED) is 0.553. The van der Waals surface area contributed by atoms with Gasteiger partial charge in [0.15, 0.2) is 6.10 Å². The van der Waals surface area contributed by atoms with Gasteiger partial charge in [-0.15, -0.1) is 0 Å². The molecule has 3 heterocycles. The molecule has 0 spiro atoms. The molecule has 9 heteroatoms. The summed E-state index contributed by atoms with van der Waals surface area (Å²) in [4.78, 5) is 45.0. The van der Waals surface area contributed by atoms with Crippen LogP contribution in [0.2, 0.25) is 0 Å². The number of benzene rings is 1. The van der Waals surface area contributed by atoms with Gasteiger partial charge < -0.3 is 24.0 Å². The van der Waals surface area contributed by atoms with Gasteiger partial charge in [0, 0.05) is 37.3 Å². The molecule has 1 aliphatic carbocycles. The lowest BCUT2D eigenvalue weighted by Crippen LogP contribution is -2.32. The summed E-state index contributed by atoms with van der Waals surface area (Å²) in [7, 11) is 2.99. The summed E-state index contributed by atoms with van der Waals surface area (Å²) in [5.41, 5.74) is 1.89. The Morgan fingerprint density at radius 2 is 1.97 bits per heavy atom. The minimum absolute atomic E-state index is 0.0854. The molecule has 34 heavy (non-hydrogen) atoms. The van der Waals surface area contributed by atoms with Crippen molar-refractivity contribution in [1.29, 1.82) is 0 Å². The molecule has 0 radical (unpaired) electrons. The Kier molecular flexibility index (Phi) is 5.85. The highest BCUT2D eigenvalue weighted by Gasteiger charge is 2.38. The largest absolute Gasteiger partial charge is 0.479 e. The summed E-state index contributed by atoms with van der Waals surface area (Å²) in [5.74, 6) is 0.980. The van der Waals surface area contributed by atoms with Crippen LogP contribution in [-0.4, -0.2) is 61.1 Å². The van der Waals surface area contributed by atoms with E-state index in [1.807, 2.05) is 12.1 Å². The van der Waals surface area contributed by atoms with E-state index in [0.29, 0.717) is 48.4 Å². The summed E-state index contributed by atoms with van der Waals surface area (Å²) >= 11 is 0. The minimum Gasteiger partial charge on any atom is -0.479 e. The number of ether oxygens (including phenoxy) is 3. The van der Waals surface area contributed by atoms with E-state index in [0.717, 1.165) is 5.56 Å². The van der Waals surface area contributed by atoms with Crippen molar-refractivity contribution in [3.05, 3.63) is 47.7 Å². The molecular formula is C25H27N3O6. The van der Waals surface area contributed by atoms with Crippen LogP contribution >= 0.6 is 0 Å². The van der Waals surface area contributed by atoms with Gasteiger partial charge >= 0.3 is 5.97 Å². The lowest BCUT2D eigenvalue weighted by atomic mass is 10.0. The highest BCUT2D eigenvalue weighted by atomic mass is 16.5. The van der Waals surface area contributed by atoms with E-state index in [-0.39, 0.29) is 30.2 Å². The fourth-order valence-corrected chi connectivity index (χ4v) is 4.41. The lowest BCUT2D eigenvalue weighted by molar-refractivity contribution is -0.141. The Morgan fingerprint density at radius 3 is 2.68 bits per heavy atom. The molecule has 9 nitrogen and oxygen atoms in total. The van der Waals surface area contributed by atoms with E-state index >= 15 is 0 Å². The zero-order chi connectivity index (χ0) is 23.8. The number of anilines is 1. The van der Waals surface area contributed by atoms with Crippen molar-refractivity contribution >= 4 is 23.5 Å². The molecule has 1 aromatic carbocycles. The topological polar surface area (TPSA) is 98.3 Å². The van der Waals surface area contributed by atoms with Gasteiger partial charge in [-0.1, -0.05) is 6.07 Å². The molecule has 1 saturated heterocycles. The number of nitrogens with zero attached hydrogens (tertiary/aromatic N) is 3. The maximum Gasteiger partial charge on any atom is 0.307 e. The van der Waals surface area contributed by atoms with Crippen molar-refractivity contribution < 1.29 is 28.6 Å². The van der Waals surface area contributed by atoms with E-state index in [4.69, 9.17) is 14.2 Å². The van der Waals surface area contributed by atoms with E-state index in [1.54, 1.807) is 36.3 Å². The van der Waals surface area contributed by atoms with Gasteiger partial charge in [0.1, 0.15) is 5.75 Å². The first-order valence-corrected chi connectivity index (χ1v) is 11.5. The molecule has 2 aromatic rings. The monoisotopic (exact) mass is 465 g/mol. The number of rotatable bonds is 8. The molecule has 5 rings (SSSR count). The molecule has 178 valence electrons. The second kappa shape index (κ2) is 8.96. The van der Waals surface area contributed by atoms with Gasteiger partial charge in [-0.05, 0) is 42.5 Å². The van der Waals surface area contributed by atoms with Crippen molar-refractivity contribution in [1.82, 2.24) is 9.88 Å². The summed E-state index contributed by atoms with van der Waals surface area (Å²) in [5, 5.41) is 0. The zero-order valence-electron chi connectivity index (χ0n) is 19.2. The van der Waals surface area contributed by atoms with E-state index in [2.05, 4.69) is 4.98 Å². The molecule has 2 unspecified atom stereocenters. The molecule has 0 bridgehead atoms. The predicted octanol–water partition coefficient (Wildman–Crippen LogP) is 2.74. The number of carbonyl (C=O) groups excluding carboxylic acids is 3. The predicted molar refractivity (Wildman–Crippen MR) is 122 cm³/mol. The van der Waals surface area contributed by atoms with Crippen LogP contribution in [-0.2, 0) is 14.3 Å². The first kappa shape index (κ1) is 22.2. The summed E-state index contributed by atoms with van der Waals surface area (Å²) in [6, 6.07) is 8.48. The van der Waals surface area contributed by atoms with Crippen LogP contribution in [0.4, 0.5) is 5.69 Å². The Labute approximate surface area is 197 Å². The fraction of sp³-hybridized carbons (Fsp3) is 0.440. The van der Waals surface area contributed by atoms with Crippen molar-refractivity contribution in [3.63, 3.8) is 0 Å². The van der Waals surface area contributed by atoms with Gasteiger partial charge in [-0.2, -0.15) is 0 Å². The van der Waals surface area contributed by atoms with Gasteiger partial charge in [0.25, 0.3) is 11.8 Å². The van der Waals surface area contributed by atoms with Crippen LogP contribution in [0, 0.1) is 5.92 Å². The number of pyridine rings is 1. The van der Waals surface area contributed by atoms with Gasteiger partial charge in [0.05, 0.1) is 32.4 Å². The van der Waals surface area contributed by atoms with Crippen LogP contribution < -0.4 is 14.4 Å². The molecule has 1 aromatic heterocycles. The van der Waals surface area contributed by atoms with Gasteiger partial charge in [-0.3, -0.25) is 14.4 Å². The standard InChI is InChI=1S/C25H27N3O6/c1-27-20(12-23(29)32-2)18-7-5-16(11-19(18)24(27)30)28-10-9-21(25(28)31)34-17-6-8-22(26-13-17)33-14-15-3-4-15/h5-8,11,13,15,20-21H,3-4,9-10,12,14H2,1-2H3. The Morgan fingerprint density at radius 1 is 1.15 bits per heavy atom. The summed E-state index contributed by atoms with van der Waals surface area (Å²) < 4.78 is 16.3. The maximum absolute atomic E-state index is 13.1. The highest BCUT2D eigenvalue weighted by Crippen LogP contribution is 2.38. The third-order valence-corrected chi connectivity index (χ3v) is 6.62. The van der Waals surface area contributed by atoms with Crippen LogP contribution in [0.15, 0.2) is 36.5 Å². The number of aromatic nitrogens is 1. The second-order valence-corrected chi connectivity index (χ2v) is 8.96. The average molecular weight is 466 g/mol. The molecule has 2 atom stereocenters. The number of hydrogen-bond acceptors (Lipinski definition) is 7. The number of fused-ring (bicyclic) bond motifs is 1. The Hall–Kier alpha value is -3.62. The van der Waals surface area contributed by atoms with Crippen LogP contribution in [0.25, 0.3) is 0 Å². The fourth-order valence-electron chi connectivity index (χ4n) is 4.41. The highest BCUT2D eigenvalue weighted by molar-refractivity contribution is 6.03. The van der Waals surface area contributed by atoms with Crippen LogP contribution in [0.5, 0.6) is 11.6 Å². The number of carbonyl (C=O) groups is 3. The number of amides is 2.